The van der Waals surface area contributed by atoms with Gasteiger partial charge in [0.2, 0.25) is 0 Å². The summed E-state index contributed by atoms with van der Waals surface area (Å²) in [5.41, 5.74) is 0. The molecule has 0 rings (SSSR count). The van der Waals surface area contributed by atoms with Gasteiger partial charge in [-0.15, -0.1) is 0 Å². The summed E-state index contributed by atoms with van der Waals surface area (Å²) in [6, 6.07) is 0. The van der Waals surface area contributed by atoms with Crippen LogP contribution in [0.25, 0.3) is 0 Å². The van der Waals surface area contributed by atoms with E-state index in [-0.39, 0.29) is 5.92 Å². The lowest BCUT2D eigenvalue weighted by Crippen LogP contribution is -2.37. The molecule has 0 aromatic heterocycles. The summed E-state index contributed by atoms with van der Waals surface area (Å²) in [5.74, 6) is 0.819. The Morgan fingerprint density at radius 2 is 1.92 bits per heavy atom. The third kappa shape index (κ3) is 7.19. The average Bonchev–Trinajstić information content (AvgIpc) is 2.00. The van der Waals surface area contributed by atoms with Gasteiger partial charge in [-0.05, 0) is 18.2 Å². The van der Waals surface area contributed by atoms with E-state index in [9.17, 15) is 13.2 Å². The van der Waals surface area contributed by atoms with Gasteiger partial charge in [-0.2, -0.15) is 25.8 Å². The van der Waals surface area contributed by atoms with Crippen molar-refractivity contribution >= 4 is 12.6 Å². The van der Waals surface area contributed by atoms with Crippen LogP contribution in [0.4, 0.5) is 13.2 Å². The summed E-state index contributed by atoms with van der Waals surface area (Å²) in [6.45, 7) is 3.70. The topological polar surface area (TPSA) is 3.24 Å². The Labute approximate surface area is 82.7 Å². The largest absolute Gasteiger partial charge is 0.401 e. The molecule has 1 nitrogen and oxygen atoms in total. The highest BCUT2D eigenvalue weighted by Crippen LogP contribution is 2.17. The van der Waals surface area contributed by atoms with E-state index in [0.29, 0.717) is 18.8 Å². The van der Waals surface area contributed by atoms with Crippen LogP contribution in [0.5, 0.6) is 0 Å². The second-order valence-electron chi connectivity index (χ2n) is 3.23. The highest BCUT2D eigenvalue weighted by Gasteiger charge is 2.30. The van der Waals surface area contributed by atoms with Crippen LogP contribution in [-0.4, -0.2) is 36.5 Å². The third-order valence-corrected chi connectivity index (χ3v) is 2.35. The van der Waals surface area contributed by atoms with Crippen LogP contribution in [0.2, 0.25) is 0 Å². The van der Waals surface area contributed by atoms with Crippen LogP contribution in [0.3, 0.4) is 0 Å². The van der Waals surface area contributed by atoms with Crippen molar-refractivity contribution < 1.29 is 13.2 Å². The van der Waals surface area contributed by atoms with Crippen molar-refractivity contribution in [2.75, 3.05) is 25.4 Å². The zero-order chi connectivity index (χ0) is 10.5. The normalized spacial score (nSPS) is 15.0. The van der Waals surface area contributed by atoms with Crippen molar-refractivity contribution in [2.45, 2.75) is 20.0 Å². The van der Waals surface area contributed by atoms with E-state index in [1.165, 1.54) is 4.90 Å². The average molecular weight is 215 g/mol. The summed E-state index contributed by atoms with van der Waals surface area (Å²) in [4.78, 5) is 1.39. The van der Waals surface area contributed by atoms with E-state index in [0.717, 1.165) is 0 Å². The van der Waals surface area contributed by atoms with Gasteiger partial charge in [0.05, 0.1) is 6.54 Å². The number of halogens is 3. The lowest BCUT2D eigenvalue weighted by molar-refractivity contribution is -0.146. The standard InChI is InChI=1S/C8H16F3NS/c1-3-12(4-7(2)5-13)6-8(9,10)11/h7,13H,3-6H2,1-2H3. The molecule has 0 aliphatic rings. The number of rotatable bonds is 5. The minimum atomic E-state index is -4.09. The number of thiol groups is 1. The van der Waals surface area contributed by atoms with Crippen LogP contribution in [0.15, 0.2) is 0 Å². The summed E-state index contributed by atoms with van der Waals surface area (Å²) < 4.78 is 36.0. The Balaban J connectivity index is 3.89. The molecule has 0 radical (unpaired) electrons. The number of hydrogen-bond acceptors (Lipinski definition) is 2. The molecule has 0 aromatic carbocycles. The van der Waals surface area contributed by atoms with Crippen LogP contribution < -0.4 is 0 Å². The molecule has 5 heteroatoms. The van der Waals surface area contributed by atoms with Gasteiger partial charge in [0.25, 0.3) is 0 Å². The molecule has 0 fully saturated rings. The fraction of sp³-hybridized carbons (Fsp3) is 1.00. The van der Waals surface area contributed by atoms with Crippen LogP contribution in [-0.2, 0) is 0 Å². The first kappa shape index (κ1) is 13.1. The maximum Gasteiger partial charge on any atom is 0.401 e. The number of alkyl halides is 3. The minimum absolute atomic E-state index is 0.200. The minimum Gasteiger partial charge on any atom is -0.295 e. The van der Waals surface area contributed by atoms with Gasteiger partial charge in [0.1, 0.15) is 0 Å². The number of hydrogen-bond donors (Lipinski definition) is 1. The molecule has 0 N–H and O–H groups in total. The van der Waals surface area contributed by atoms with E-state index < -0.39 is 12.7 Å². The Kier molecular flexibility index (Phi) is 5.80. The third-order valence-electron chi connectivity index (χ3n) is 1.73. The molecule has 13 heavy (non-hydrogen) atoms. The molecule has 0 bridgehead atoms. The summed E-state index contributed by atoms with van der Waals surface area (Å²) in [6.07, 6.45) is -4.09. The van der Waals surface area contributed by atoms with Gasteiger partial charge in [-0.25, -0.2) is 0 Å². The predicted molar refractivity (Wildman–Crippen MR) is 51.2 cm³/mol. The fourth-order valence-electron chi connectivity index (χ4n) is 1.06. The molecule has 0 spiro atoms. The van der Waals surface area contributed by atoms with E-state index in [1.54, 1.807) is 6.92 Å². The monoisotopic (exact) mass is 215 g/mol. The molecule has 0 heterocycles. The van der Waals surface area contributed by atoms with E-state index in [2.05, 4.69) is 12.6 Å². The first-order valence-corrected chi connectivity index (χ1v) is 4.92. The molecular formula is C8H16F3NS. The predicted octanol–water partition coefficient (Wildman–Crippen LogP) is 2.44. The van der Waals surface area contributed by atoms with Crippen molar-refractivity contribution in [1.82, 2.24) is 4.90 Å². The molecule has 0 saturated carbocycles. The van der Waals surface area contributed by atoms with Gasteiger partial charge in [0.15, 0.2) is 0 Å². The summed E-state index contributed by atoms with van der Waals surface area (Å²) in [5, 5.41) is 0. The maximum atomic E-state index is 12.0. The van der Waals surface area contributed by atoms with Crippen LogP contribution in [0.1, 0.15) is 13.8 Å². The highest BCUT2D eigenvalue weighted by molar-refractivity contribution is 7.80. The van der Waals surface area contributed by atoms with Crippen molar-refractivity contribution in [1.29, 1.82) is 0 Å². The Bertz CT molecular complexity index is 138. The highest BCUT2D eigenvalue weighted by atomic mass is 32.1. The van der Waals surface area contributed by atoms with E-state index >= 15 is 0 Å². The second kappa shape index (κ2) is 5.75. The molecule has 0 saturated heterocycles. The molecule has 1 atom stereocenters. The molecular weight excluding hydrogens is 199 g/mol. The molecule has 0 aromatic rings. The Morgan fingerprint density at radius 3 is 2.23 bits per heavy atom. The molecule has 80 valence electrons. The van der Waals surface area contributed by atoms with Crippen LogP contribution >= 0.6 is 12.6 Å². The summed E-state index contributed by atoms with van der Waals surface area (Å²) in [7, 11) is 0. The van der Waals surface area contributed by atoms with Gasteiger partial charge in [-0.3, -0.25) is 4.90 Å². The lowest BCUT2D eigenvalue weighted by atomic mass is 10.2. The quantitative estimate of drug-likeness (QED) is 0.689. The van der Waals surface area contributed by atoms with Gasteiger partial charge in [-0.1, -0.05) is 13.8 Å². The van der Waals surface area contributed by atoms with Crippen molar-refractivity contribution in [3.05, 3.63) is 0 Å². The molecule has 0 aliphatic heterocycles. The SMILES string of the molecule is CCN(CC(C)CS)CC(F)(F)F. The zero-order valence-electron chi connectivity index (χ0n) is 7.93. The Hall–Kier alpha value is 0.100. The zero-order valence-corrected chi connectivity index (χ0v) is 8.83. The van der Waals surface area contributed by atoms with E-state index in [4.69, 9.17) is 0 Å². The van der Waals surface area contributed by atoms with Crippen molar-refractivity contribution in [3.8, 4) is 0 Å². The first-order chi connectivity index (χ1) is 5.89. The van der Waals surface area contributed by atoms with E-state index in [1.807, 2.05) is 6.92 Å². The lowest BCUT2D eigenvalue weighted by Gasteiger charge is -2.24. The summed E-state index contributed by atoms with van der Waals surface area (Å²) >= 11 is 4.03. The van der Waals surface area contributed by atoms with Crippen molar-refractivity contribution in [2.24, 2.45) is 5.92 Å². The van der Waals surface area contributed by atoms with Gasteiger partial charge in [0, 0.05) is 6.54 Å². The van der Waals surface area contributed by atoms with Crippen LogP contribution in [0, 0.1) is 5.92 Å². The maximum absolute atomic E-state index is 12.0. The first-order valence-electron chi connectivity index (χ1n) is 4.29. The fourth-order valence-corrected chi connectivity index (χ4v) is 1.17. The van der Waals surface area contributed by atoms with Gasteiger partial charge >= 0.3 is 6.18 Å². The molecule has 0 aliphatic carbocycles. The molecule has 1 unspecified atom stereocenters. The Morgan fingerprint density at radius 1 is 1.38 bits per heavy atom. The van der Waals surface area contributed by atoms with Gasteiger partial charge < -0.3 is 0 Å². The van der Waals surface area contributed by atoms with Crippen molar-refractivity contribution in [3.63, 3.8) is 0 Å². The number of nitrogens with zero attached hydrogens (tertiary/aromatic N) is 1. The molecule has 0 amide bonds. The smallest absolute Gasteiger partial charge is 0.295 e. The second-order valence-corrected chi connectivity index (χ2v) is 3.60.